The molecular formula is C22H20ClN5O. The van der Waals surface area contributed by atoms with Gasteiger partial charge in [-0.2, -0.15) is 4.98 Å². The Morgan fingerprint density at radius 1 is 1.03 bits per heavy atom. The predicted octanol–water partition coefficient (Wildman–Crippen LogP) is 4.17. The molecule has 146 valence electrons. The lowest BCUT2D eigenvalue weighted by Gasteiger charge is -2.11. The number of carbonyl (C=O) groups excluding carboxylic acids is 1. The van der Waals surface area contributed by atoms with Crippen molar-refractivity contribution in [3.8, 4) is 0 Å². The Labute approximate surface area is 173 Å². The zero-order chi connectivity index (χ0) is 20.4. The van der Waals surface area contributed by atoms with Crippen LogP contribution < -0.4 is 5.32 Å². The maximum absolute atomic E-state index is 12.3. The first-order valence-electron chi connectivity index (χ1n) is 9.31. The molecule has 1 amide bonds. The van der Waals surface area contributed by atoms with Gasteiger partial charge < -0.3 is 5.32 Å². The van der Waals surface area contributed by atoms with Crippen molar-refractivity contribution in [2.24, 2.45) is 0 Å². The Hall–Kier alpha value is -3.25. The molecule has 0 radical (unpaired) electrons. The van der Waals surface area contributed by atoms with Crippen LogP contribution in [0.15, 0.2) is 54.6 Å². The molecule has 0 aliphatic carbocycles. The van der Waals surface area contributed by atoms with E-state index in [1.54, 1.807) is 4.52 Å². The third-order valence-corrected chi connectivity index (χ3v) is 5.16. The standard InChI is InChI=1S/C22H20ClN5O/c1-14-18(12-16-8-6-7-11-19(16)23)15(2)28-22(24-14)26-20(27-28)13-21(29)25-17-9-4-3-5-10-17/h3-11H,12-13H2,1-2H3,(H,25,29). The number of amides is 1. The zero-order valence-corrected chi connectivity index (χ0v) is 16.9. The van der Waals surface area contributed by atoms with E-state index in [0.29, 0.717) is 18.0 Å². The van der Waals surface area contributed by atoms with E-state index in [9.17, 15) is 4.79 Å². The lowest BCUT2D eigenvalue weighted by atomic mass is 10.0. The molecule has 2 aromatic carbocycles. The predicted molar refractivity (Wildman–Crippen MR) is 113 cm³/mol. The molecule has 0 unspecified atom stereocenters. The van der Waals surface area contributed by atoms with Crippen molar-refractivity contribution in [2.75, 3.05) is 5.32 Å². The molecule has 0 saturated carbocycles. The first kappa shape index (κ1) is 19.1. The second-order valence-corrected chi connectivity index (χ2v) is 7.27. The van der Waals surface area contributed by atoms with Gasteiger partial charge in [-0.05, 0) is 43.2 Å². The highest BCUT2D eigenvalue weighted by Gasteiger charge is 2.16. The fourth-order valence-corrected chi connectivity index (χ4v) is 3.49. The Morgan fingerprint density at radius 2 is 1.76 bits per heavy atom. The van der Waals surface area contributed by atoms with E-state index >= 15 is 0 Å². The maximum Gasteiger partial charge on any atom is 0.252 e. The average Bonchev–Trinajstić information content (AvgIpc) is 3.09. The number of halogens is 1. The number of benzene rings is 2. The summed E-state index contributed by atoms with van der Waals surface area (Å²) in [6.45, 7) is 3.94. The van der Waals surface area contributed by atoms with Crippen molar-refractivity contribution >= 4 is 29.0 Å². The molecule has 0 aliphatic rings. The minimum Gasteiger partial charge on any atom is -0.326 e. The smallest absolute Gasteiger partial charge is 0.252 e. The van der Waals surface area contributed by atoms with E-state index in [2.05, 4.69) is 20.4 Å². The normalized spacial score (nSPS) is 11.0. The number of hydrogen-bond acceptors (Lipinski definition) is 4. The van der Waals surface area contributed by atoms with Crippen molar-refractivity contribution in [1.29, 1.82) is 0 Å². The van der Waals surface area contributed by atoms with Crippen LogP contribution in [0.1, 0.15) is 28.3 Å². The van der Waals surface area contributed by atoms with Crippen LogP contribution in [0.2, 0.25) is 5.02 Å². The highest BCUT2D eigenvalue weighted by atomic mass is 35.5. The van der Waals surface area contributed by atoms with Gasteiger partial charge in [0.15, 0.2) is 5.82 Å². The molecule has 0 saturated heterocycles. The van der Waals surface area contributed by atoms with Crippen LogP contribution >= 0.6 is 11.6 Å². The number of anilines is 1. The van der Waals surface area contributed by atoms with Gasteiger partial charge in [0.1, 0.15) is 0 Å². The number of nitrogens with zero attached hydrogens (tertiary/aromatic N) is 4. The molecule has 0 atom stereocenters. The van der Waals surface area contributed by atoms with Crippen molar-refractivity contribution in [2.45, 2.75) is 26.7 Å². The molecule has 0 bridgehead atoms. The molecule has 0 fully saturated rings. The van der Waals surface area contributed by atoms with Gasteiger partial charge in [-0.15, -0.1) is 5.10 Å². The van der Waals surface area contributed by atoms with Crippen LogP contribution in [0, 0.1) is 13.8 Å². The van der Waals surface area contributed by atoms with Crippen LogP contribution in [0.25, 0.3) is 5.78 Å². The number of aromatic nitrogens is 4. The van der Waals surface area contributed by atoms with Gasteiger partial charge in [0.25, 0.3) is 5.78 Å². The molecule has 2 heterocycles. The quantitative estimate of drug-likeness (QED) is 0.541. The molecule has 0 aliphatic heterocycles. The van der Waals surface area contributed by atoms with Crippen molar-refractivity contribution < 1.29 is 4.79 Å². The minimum atomic E-state index is -0.169. The largest absolute Gasteiger partial charge is 0.326 e. The van der Waals surface area contributed by atoms with Crippen molar-refractivity contribution in [3.05, 3.63) is 88.0 Å². The van der Waals surface area contributed by atoms with E-state index in [0.717, 1.165) is 33.2 Å². The number of para-hydroxylation sites is 1. The third-order valence-electron chi connectivity index (χ3n) is 4.79. The van der Waals surface area contributed by atoms with Crippen LogP contribution in [-0.2, 0) is 17.6 Å². The molecule has 29 heavy (non-hydrogen) atoms. The Kier molecular flexibility index (Phi) is 5.27. The fraction of sp³-hybridized carbons (Fsp3) is 0.182. The van der Waals surface area contributed by atoms with E-state index < -0.39 is 0 Å². The topological polar surface area (TPSA) is 72.2 Å². The Morgan fingerprint density at radius 3 is 2.52 bits per heavy atom. The highest BCUT2D eigenvalue weighted by Crippen LogP contribution is 2.23. The number of aryl methyl sites for hydroxylation is 2. The monoisotopic (exact) mass is 405 g/mol. The number of nitrogens with one attached hydrogen (secondary N) is 1. The summed E-state index contributed by atoms with van der Waals surface area (Å²) in [6.07, 6.45) is 0.737. The van der Waals surface area contributed by atoms with E-state index in [1.807, 2.05) is 68.4 Å². The average molecular weight is 406 g/mol. The van der Waals surface area contributed by atoms with Crippen LogP contribution in [0.3, 0.4) is 0 Å². The number of rotatable bonds is 5. The SMILES string of the molecule is Cc1nc2nc(CC(=O)Nc3ccccc3)nn2c(C)c1Cc1ccccc1Cl. The lowest BCUT2D eigenvalue weighted by Crippen LogP contribution is -2.15. The van der Waals surface area contributed by atoms with E-state index in [1.165, 1.54) is 0 Å². The van der Waals surface area contributed by atoms with Gasteiger partial charge in [-0.3, -0.25) is 4.79 Å². The second-order valence-electron chi connectivity index (χ2n) is 6.86. The molecule has 7 heteroatoms. The lowest BCUT2D eigenvalue weighted by molar-refractivity contribution is -0.115. The van der Waals surface area contributed by atoms with Crippen molar-refractivity contribution in [3.63, 3.8) is 0 Å². The maximum atomic E-state index is 12.3. The first-order valence-corrected chi connectivity index (χ1v) is 9.69. The Bertz CT molecular complexity index is 1190. The van der Waals surface area contributed by atoms with E-state index in [4.69, 9.17) is 11.6 Å². The Balaban J connectivity index is 1.60. The summed E-state index contributed by atoms with van der Waals surface area (Å²) in [6, 6.07) is 17.1. The van der Waals surface area contributed by atoms with Gasteiger partial charge in [-0.1, -0.05) is 48.0 Å². The molecular weight excluding hydrogens is 386 g/mol. The molecule has 4 rings (SSSR count). The summed E-state index contributed by atoms with van der Waals surface area (Å²) < 4.78 is 1.70. The molecule has 2 aromatic heterocycles. The van der Waals surface area contributed by atoms with Gasteiger partial charge >= 0.3 is 0 Å². The van der Waals surface area contributed by atoms with E-state index in [-0.39, 0.29) is 12.3 Å². The van der Waals surface area contributed by atoms with Crippen LogP contribution in [-0.4, -0.2) is 25.5 Å². The van der Waals surface area contributed by atoms with Crippen LogP contribution in [0.4, 0.5) is 5.69 Å². The van der Waals surface area contributed by atoms with Crippen molar-refractivity contribution in [1.82, 2.24) is 19.6 Å². The zero-order valence-electron chi connectivity index (χ0n) is 16.2. The molecule has 6 nitrogen and oxygen atoms in total. The first-order chi connectivity index (χ1) is 14.0. The molecule has 0 spiro atoms. The summed E-state index contributed by atoms with van der Waals surface area (Å²) in [7, 11) is 0. The second kappa shape index (κ2) is 8.01. The molecule has 1 N–H and O–H groups in total. The van der Waals surface area contributed by atoms with Gasteiger partial charge in [0.05, 0.1) is 6.42 Å². The van der Waals surface area contributed by atoms with Gasteiger partial charge in [-0.25, -0.2) is 9.50 Å². The van der Waals surface area contributed by atoms with Gasteiger partial charge in [0, 0.05) is 28.5 Å². The summed E-state index contributed by atoms with van der Waals surface area (Å²) in [5, 5.41) is 8.08. The minimum absolute atomic E-state index is 0.0799. The fourth-order valence-electron chi connectivity index (χ4n) is 3.28. The summed E-state index contributed by atoms with van der Waals surface area (Å²) in [5.74, 6) is 0.756. The van der Waals surface area contributed by atoms with Gasteiger partial charge in [0.2, 0.25) is 5.91 Å². The number of hydrogen-bond donors (Lipinski definition) is 1. The third kappa shape index (κ3) is 4.12. The number of carbonyl (C=O) groups is 1. The molecule has 4 aromatic rings. The highest BCUT2D eigenvalue weighted by molar-refractivity contribution is 6.31. The summed E-state index contributed by atoms with van der Waals surface area (Å²) in [5.41, 5.74) is 4.64. The number of fused-ring (bicyclic) bond motifs is 1. The summed E-state index contributed by atoms with van der Waals surface area (Å²) in [4.78, 5) is 21.3. The summed E-state index contributed by atoms with van der Waals surface area (Å²) >= 11 is 6.33. The van der Waals surface area contributed by atoms with Crippen LogP contribution in [0.5, 0.6) is 0 Å².